The van der Waals surface area contributed by atoms with E-state index in [1.165, 1.54) is 11.8 Å². The summed E-state index contributed by atoms with van der Waals surface area (Å²) in [6, 6.07) is 24.5. The van der Waals surface area contributed by atoms with Crippen LogP contribution in [0.4, 0.5) is 11.4 Å². The number of nitrogens with one attached hydrogen (secondary N) is 2. The van der Waals surface area contributed by atoms with Crippen molar-refractivity contribution in [3.05, 3.63) is 96.8 Å². The second kappa shape index (κ2) is 9.24. The van der Waals surface area contributed by atoms with Crippen LogP contribution in [0.2, 0.25) is 0 Å². The van der Waals surface area contributed by atoms with Gasteiger partial charge in [0, 0.05) is 34.2 Å². The topological polar surface area (TPSA) is 71.1 Å². The average Bonchev–Trinajstić information content (AvgIpc) is 2.78. The minimum Gasteiger partial charge on any atom is -0.325 e. The first-order valence-corrected chi connectivity index (χ1v) is 10.4. The summed E-state index contributed by atoms with van der Waals surface area (Å²) in [4.78, 5) is 29.6. The zero-order valence-electron chi connectivity index (χ0n) is 16.0. The van der Waals surface area contributed by atoms with Gasteiger partial charge in [0.25, 0.3) is 5.91 Å². The van der Waals surface area contributed by atoms with E-state index >= 15 is 0 Å². The fourth-order valence-electron chi connectivity index (χ4n) is 2.98. The van der Waals surface area contributed by atoms with Crippen LogP contribution < -0.4 is 10.6 Å². The molecule has 5 nitrogen and oxygen atoms in total. The molecule has 1 heterocycles. The van der Waals surface area contributed by atoms with E-state index < -0.39 is 0 Å². The highest BCUT2D eigenvalue weighted by atomic mass is 32.2. The molecule has 0 aliphatic carbocycles. The lowest BCUT2D eigenvalue weighted by atomic mass is 10.1. The highest BCUT2D eigenvalue weighted by Gasteiger charge is 2.09. The van der Waals surface area contributed by atoms with Crippen molar-refractivity contribution >= 4 is 45.7 Å². The molecule has 4 rings (SSSR count). The molecule has 0 aliphatic heterocycles. The molecular weight excluding hydrogens is 394 g/mol. The molecule has 0 aliphatic rings. The van der Waals surface area contributed by atoms with Crippen molar-refractivity contribution in [2.75, 3.05) is 16.4 Å². The van der Waals surface area contributed by atoms with E-state index in [-0.39, 0.29) is 17.6 Å². The van der Waals surface area contributed by atoms with E-state index in [2.05, 4.69) is 15.6 Å². The Hall–Kier alpha value is -3.64. The third-order valence-corrected chi connectivity index (χ3v) is 5.43. The molecule has 3 aromatic carbocycles. The van der Waals surface area contributed by atoms with Crippen molar-refractivity contribution in [3.8, 4) is 0 Å². The van der Waals surface area contributed by atoms with Crippen LogP contribution >= 0.6 is 11.8 Å². The van der Waals surface area contributed by atoms with Gasteiger partial charge in [-0.2, -0.15) is 0 Å². The van der Waals surface area contributed by atoms with Crippen molar-refractivity contribution in [1.82, 2.24) is 4.98 Å². The summed E-state index contributed by atoms with van der Waals surface area (Å²) in [5.41, 5.74) is 2.00. The summed E-state index contributed by atoms with van der Waals surface area (Å²) in [6.45, 7) is 0. The number of pyridine rings is 1. The quantitative estimate of drug-likeness (QED) is 0.425. The van der Waals surface area contributed by atoms with Gasteiger partial charge in [-0.05, 0) is 53.2 Å². The van der Waals surface area contributed by atoms with Crippen LogP contribution in [0.3, 0.4) is 0 Å². The number of carbonyl (C=O) groups is 2. The van der Waals surface area contributed by atoms with Crippen molar-refractivity contribution in [3.63, 3.8) is 0 Å². The number of hydrogen-bond donors (Lipinski definition) is 2. The van der Waals surface area contributed by atoms with E-state index in [0.29, 0.717) is 16.9 Å². The Labute approximate surface area is 178 Å². The Morgan fingerprint density at radius 1 is 0.767 bits per heavy atom. The number of carbonyl (C=O) groups excluding carboxylic acids is 2. The van der Waals surface area contributed by atoms with Crippen LogP contribution in [0.15, 0.2) is 96.2 Å². The van der Waals surface area contributed by atoms with Gasteiger partial charge in [0.1, 0.15) is 0 Å². The second-order valence-electron chi connectivity index (χ2n) is 6.62. The zero-order valence-corrected chi connectivity index (χ0v) is 16.9. The van der Waals surface area contributed by atoms with Gasteiger partial charge in [-0.25, -0.2) is 0 Å². The number of fused-ring (bicyclic) bond motifs is 1. The molecule has 0 unspecified atom stereocenters. The van der Waals surface area contributed by atoms with Crippen LogP contribution in [-0.2, 0) is 4.79 Å². The Morgan fingerprint density at radius 2 is 1.57 bits per heavy atom. The van der Waals surface area contributed by atoms with Gasteiger partial charge in [-0.3, -0.25) is 14.6 Å². The van der Waals surface area contributed by atoms with E-state index in [1.807, 2.05) is 66.7 Å². The smallest absolute Gasteiger partial charge is 0.255 e. The minimum absolute atomic E-state index is 0.100. The van der Waals surface area contributed by atoms with Crippen molar-refractivity contribution < 1.29 is 9.59 Å². The second-order valence-corrected chi connectivity index (χ2v) is 7.67. The summed E-state index contributed by atoms with van der Waals surface area (Å²) in [5, 5.41) is 7.87. The lowest BCUT2D eigenvalue weighted by Crippen LogP contribution is -2.14. The first-order valence-electron chi connectivity index (χ1n) is 9.40. The highest BCUT2D eigenvalue weighted by Crippen LogP contribution is 2.23. The lowest BCUT2D eigenvalue weighted by molar-refractivity contribution is -0.113. The maximum atomic E-state index is 12.7. The molecule has 0 atom stereocenters. The molecule has 0 saturated heterocycles. The van der Waals surface area contributed by atoms with Crippen LogP contribution in [-0.4, -0.2) is 22.6 Å². The Bertz CT molecular complexity index is 1200. The Kier molecular flexibility index (Phi) is 6.06. The monoisotopic (exact) mass is 413 g/mol. The number of rotatable bonds is 6. The van der Waals surface area contributed by atoms with Gasteiger partial charge in [0.2, 0.25) is 5.91 Å². The molecule has 2 N–H and O–H groups in total. The van der Waals surface area contributed by atoms with E-state index in [9.17, 15) is 9.59 Å². The predicted molar refractivity (Wildman–Crippen MR) is 122 cm³/mol. The zero-order chi connectivity index (χ0) is 20.8. The molecule has 148 valence electrons. The van der Waals surface area contributed by atoms with Crippen LogP contribution in [0.25, 0.3) is 10.8 Å². The maximum Gasteiger partial charge on any atom is 0.255 e. The van der Waals surface area contributed by atoms with E-state index in [1.54, 1.807) is 24.5 Å². The van der Waals surface area contributed by atoms with Gasteiger partial charge in [-0.15, -0.1) is 11.8 Å². The normalized spacial score (nSPS) is 10.5. The largest absolute Gasteiger partial charge is 0.325 e. The van der Waals surface area contributed by atoms with Gasteiger partial charge >= 0.3 is 0 Å². The lowest BCUT2D eigenvalue weighted by Gasteiger charge is -2.09. The predicted octanol–water partition coefficient (Wildman–Crippen LogP) is 5.22. The molecule has 0 radical (unpaired) electrons. The first-order chi connectivity index (χ1) is 14.7. The van der Waals surface area contributed by atoms with Gasteiger partial charge in [0.05, 0.1) is 5.75 Å². The van der Waals surface area contributed by atoms with Crippen LogP contribution in [0.5, 0.6) is 0 Å². The molecule has 2 amide bonds. The van der Waals surface area contributed by atoms with Crippen molar-refractivity contribution in [2.45, 2.75) is 4.90 Å². The molecule has 0 bridgehead atoms. The number of aromatic nitrogens is 1. The molecule has 0 saturated carbocycles. The number of anilines is 2. The summed E-state index contributed by atoms with van der Waals surface area (Å²) >= 11 is 1.41. The molecular formula is C24H19N3O2S. The summed E-state index contributed by atoms with van der Waals surface area (Å²) in [5.74, 6) is -0.000142. The molecule has 30 heavy (non-hydrogen) atoms. The van der Waals surface area contributed by atoms with Crippen LogP contribution in [0.1, 0.15) is 10.4 Å². The van der Waals surface area contributed by atoms with E-state index in [0.717, 1.165) is 15.7 Å². The van der Waals surface area contributed by atoms with E-state index in [4.69, 9.17) is 0 Å². The number of nitrogens with zero attached hydrogens (tertiary/aromatic N) is 1. The molecule has 1 aromatic heterocycles. The average molecular weight is 414 g/mol. The maximum absolute atomic E-state index is 12.7. The molecule has 0 fully saturated rings. The Balaban J connectivity index is 1.37. The fourth-order valence-corrected chi connectivity index (χ4v) is 3.73. The standard InChI is InChI=1S/C24H19N3O2S/c28-23(26-20-10-12-25-13-11-20)16-30-22-7-3-6-21(15-22)27-24(29)19-9-8-17-4-1-2-5-18(17)14-19/h1-15H,16H2,(H,27,29)(H,25,26,28). The van der Waals surface area contributed by atoms with Gasteiger partial charge in [-0.1, -0.05) is 36.4 Å². The number of benzene rings is 3. The Morgan fingerprint density at radius 3 is 2.40 bits per heavy atom. The summed E-state index contributed by atoms with van der Waals surface area (Å²) in [6.07, 6.45) is 3.26. The van der Waals surface area contributed by atoms with Crippen molar-refractivity contribution in [1.29, 1.82) is 0 Å². The van der Waals surface area contributed by atoms with Crippen molar-refractivity contribution in [2.24, 2.45) is 0 Å². The van der Waals surface area contributed by atoms with Gasteiger partial charge in [0.15, 0.2) is 0 Å². The minimum atomic E-state index is -0.168. The fraction of sp³-hybridized carbons (Fsp3) is 0.0417. The molecule has 4 aromatic rings. The SMILES string of the molecule is O=C(CSc1cccc(NC(=O)c2ccc3ccccc3c2)c1)Nc1ccncc1. The highest BCUT2D eigenvalue weighted by molar-refractivity contribution is 8.00. The number of hydrogen-bond acceptors (Lipinski definition) is 4. The summed E-state index contributed by atoms with van der Waals surface area (Å²) < 4.78 is 0. The first kappa shape index (κ1) is 19.7. The number of amides is 2. The molecule has 0 spiro atoms. The molecule has 6 heteroatoms. The van der Waals surface area contributed by atoms with Crippen LogP contribution in [0, 0.1) is 0 Å². The third kappa shape index (κ3) is 5.04. The number of thioether (sulfide) groups is 1. The van der Waals surface area contributed by atoms with Gasteiger partial charge < -0.3 is 10.6 Å². The third-order valence-electron chi connectivity index (χ3n) is 4.44. The summed E-state index contributed by atoms with van der Waals surface area (Å²) in [7, 11) is 0.